The van der Waals surface area contributed by atoms with Gasteiger partial charge in [-0.25, -0.2) is 12.7 Å². The fourth-order valence-electron chi connectivity index (χ4n) is 3.33. The van der Waals surface area contributed by atoms with Crippen LogP contribution in [0.15, 0.2) is 32.7 Å². The van der Waals surface area contributed by atoms with Gasteiger partial charge >= 0.3 is 6.18 Å². The van der Waals surface area contributed by atoms with Crippen LogP contribution in [-0.2, 0) is 16.2 Å². The Morgan fingerprint density at radius 1 is 1.38 bits per heavy atom. The number of pyridine rings is 1. The minimum absolute atomic E-state index is 0.0492. The molecule has 1 fully saturated rings. The molecule has 0 bridgehead atoms. The van der Waals surface area contributed by atoms with Crippen LogP contribution in [-0.4, -0.2) is 52.2 Å². The summed E-state index contributed by atoms with van der Waals surface area (Å²) in [5, 5.41) is 18.6. The van der Waals surface area contributed by atoms with Gasteiger partial charge in [-0.1, -0.05) is 11.6 Å². The fourth-order valence-corrected chi connectivity index (χ4v) is 6.79. The molecule has 2 aliphatic rings. The predicted molar refractivity (Wildman–Crippen MR) is 111 cm³/mol. The van der Waals surface area contributed by atoms with Crippen LogP contribution in [0.5, 0.6) is 0 Å². The van der Waals surface area contributed by atoms with Gasteiger partial charge in [-0.2, -0.15) is 13.2 Å². The summed E-state index contributed by atoms with van der Waals surface area (Å²) in [4.78, 5) is 4.28. The van der Waals surface area contributed by atoms with Gasteiger partial charge in [0.05, 0.1) is 22.1 Å². The second-order valence-electron chi connectivity index (χ2n) is 7.45. The fraction of sp³-hybridized carbons (Fsp3) is 0.412. The molecule has 0 spiro atoms. The summed E-state index contributed by atoms with van der Waals surface area (Å²) in [7, 11) is -2.42. The molecule has 0 aromatic carbocycles. The van der Waals surface area contributed by atoms with E-state index in [0.29, 0.717) is 16.1 Å². The van der Waals surface area contributed by atoms with Crippen molar-refractivity contribution in [2.24, 2.45) is 0 Å². The number of thioether (sulfide) groups is 1. The number of hydrogen-bond acceptors (Lipinski definition) is 8. The Bertz CT molecular complexity index is 1210. The Hall–Kier alpha value is -2.32. The Labute approximate surface area is 190 Å². The maximum Gasteiger partial charge on any atom is 0.417 e. The van der Waals surface area contributed by atoms with Crippen LogP contribution in [0.1, 0.15) is 30.0 Å². The Balaban J connectivity index is 1.54. The third-order valence-electron chi connectivity index (χ3n) is 5.00. The van der Waals surface area contributed by atoms with Crippen LogP contribution in [0.4, 0.5) is 13.2 Å². The molecule has 0 saturated carbocycles. The number of nitrogens with zero attached hydrogens (tertiary/aromatic N) is 4. The van der Waals surface area contributed by atoms with Gasteiger partial charge in [0, 0.05) is 29.6 Å². The Morgan fingerprint density at radius 3 is 2.69 bits per heavy atom. The van der Waals surface area contributed by atoms with Gasteiger partial charge < -0.3 is 9.73 Å². The molecular formula is C17H16ClF3N6O3S2. The van der Waals surface area contributed by atoms with Crippen molar-refractivity contribution in [2.45, 2.75) is 30.3 Å². The molecule has 2 aromatic rings. The van der Waals surface area contributed by atoms with Crippen molar-refractivity contribution in [1.29, 1.82) is 5.41 Å². The van der Waals surface area contributed by atoms with Crippen molar-refractivity contribution in [2.75, 3.05) is 12.8 Å². The van der Waals surface area contributed by atoms with Crippen molar-refractivity contribution in [3.63, 3.8) is 0 Å². The zero-order chi connectivity index (χ0) is 23.5. The second-order valence-corrected chi connectivity index (χ2v) is 11.1. The maximum atomic E-state index is 12.7. The standard InChI is InChI=1S/C17H16ClF3N6O3S2/c1-16(7-32(28,29)27(2)15(22)24-16)12-9(18)5-11(31-12)14-26-25-13(30-14)10-4-3-8(6-23-10)17(19,20)21/h3-4,6,11H,5,7H2,1-2H3,(H2,22,24)/t11?,16-/m0/s1. The van der Waals surface area contributed by atoms with Gasteiger partial charge in [-0.15, -0.1) is 22.0 Å². The number of rotatable bonds is 3. The van der Waals surface area contributed by atoms with Crippen molar-refractivity contribution in [3.8, 4) is 11.6 Å². The van der Waals surface area contributed by atoms with E-state index in [9.17, 15) is 21.6 Å². The van der Waals surface area contributed by atoms with E-state index in [-0.39, 0.29) is 35.6 Å². The molecule has 4 heterocycles. The number of aromatic nitrogens is 3. The first-order valence-corrected chi connectivity index (χ1v) is 11.9. The maximum absolute atomic E-state index is 12.7. The summed E-state index contributed by atoms with van der Waals surface area (Å²) in [6.07, 6.45) is -3.54. The number of guanidine groups is 1. The number of halogens is 4. The number of alkyl halides is 3. The second kappa shape index (κ2) is 7.63. The van der Waals surface area contributed by atoms with Gasteiger partial charge in [0.1, 0.15) is 5.69 Å². The minimum Gasteiger partial charge on any atom is -0.418 e. The number of hydrogen-bond donors (Lipinski definition) is 2. The number of sulfonamides is 1. The lowest BCUT2D eigenvalue weighted by atomic mass is 10.0. The highest BCUT2D eigenvalue weighted by Gasteiger charge is 2.47. The van der Waals surface area contributed by atoms with Crippen LogP contribution in [0, 0.1) is 5.41 Å². The Kier molecular flexibility index (Phi) is 5.45. The lowest BCUT2D eigenvalue weighted by Gasteiger charge is -2.40. The molecule has 32 heavy (non-hydrogen) atoms. The monoisotopic (exact) mass is 508 g/mol. The molecule has 15 heteroatoms. The molecule has 2 N–H and O–H groups in total. The average molecular weight is 509 g/mol. The first-order chi connectivity index (χ1) is 14.8. The summed E-state index contributed by atoms with van der Waals surface area (Å²) < 4.78 is 69.5. The zero-order valence-corrected chi connectivity index (χ0v) is 19.0. The number of allylic oxidation sites excluding steroid dienone is 1. The van der Waals surface area contributed by atoms with Crippen LogP contribution < -0.4 is 5.32 Å². The molecule has 0 amide bonds. The highest BCUT2D eigenvalue weighted by molar-refractivity contribution is 8.03. The summed E-state index contributed by atoms with van der Waals surface area (Å²) >= 11 is 7.67. The highest BCUT2D eigenvalue weighted by atomic mass is 35.5. The summed E-state index contributed by atoms with van der Waals surface area (Å²) in [6.45, 7) is 1.64. The SMILES string of the molecule is CN1C(=N)N[C@](C)(C2=C(Cl)CC(c3nnc(-c4ccc(C(F)(F)F)cn4)o3)S2)CS1(=O)=O. The van der Waals surface area contributed by atoms with E-state index in [4.69, 9.17) is 21.4 Å². The quantitative estimate of drug-likeness (QED) is 0.646. The summed E-state index contributed by atoms with van der Waals surface area (Å²) in [5.41, 5.74) is -1.92. The molecule has 0 radical (unpaired) electrons. The largest absolute Gasteiger partial charge is 0.418 e. The topological polar surface area (TPSA) is 125 Å². The molecule has 1 saturated heterocycles. The third-order valence-corrected chi connectivity index (χ3v) is 9.00. The van der Waals surface area contributed by atoms with E-state index in [1.807, 2.05) is 0 Å². The van der Waals surface area contributed by atoms with Gasteiger partial charge in [-0.05, 0) is 19.1 Å². The van der Waals surface area contributed by atoms with Gasteiger partial charge in [0.25, 0.3) is 5.89 Å². The molecule has 0 aliphatic carbocycles. The predicted octanol–water partition coefficient (Wildman–Crippen LogP) is 3.34. The first kappa shape index (κ1) is 22.9. The molecule has 9 nitrogen and oxygen atoms in total. The van der Waals surface area contributed by atoms with Gasteiger partial charge in [0.2, 0.25) is 21.9 Å². The third kappa shape index (κ3) is 4.06. The van der Waals surface area contributed by atoms with Crippen molar-refractivity contribution in [1.82, 2.24) is 24.8 Å². The molecule has 2 aromatic heterocycles. The molecule has 2 atom stereocenters. The average Bonchev–Trinajstić information content (AvgIpc) is 3.32. The molecule has 1 unspecified atom stereocenters. The normalized spacial score (nSPS) is 25.9. The van der Waals surface area contributed by atoms with E-state index >= 15 is 0 Å². The highest BCUT2D eigenvalue weighted by Crippen LogP contribution is 2.53. The van der Waals surface area contributed by atoms with E-state index < -0.39 is 32.6 Å². The van der Waals surface area contributed by atoms with E-state index in [1.54, 1.807) is 6.92 Å². The Morgan fingerprint density at radius 2 is 2.09 bits per heavy atom. The lowest BCUT2D eigenvalue weighted by molar-refractivity contribution is -0.137. The van der Waals surface area contributed by atoms with Gasteiger partial charge in [0.15, 0.2) is 0 Å². The molecular weight excluding hydrogens is 493 g/mol. The van der Waals surface area contributed by atoms with E-state index in [1.165, 1.54) is 18.8 Å². The van der Waals surface area contributed by atoms with E-state index in [0.717, 1.165) is 16.4 Å². The lowest BCUT2D eigenvalue weighted by Crippen LogP contribution is -2.63. The van der Waals surface area contributed by atoms with Gasteiger partial charge in [-0.3, -0.25) is 10.4 Å². The smallest absolute Gasteiger partial charge is 0.417 e. The van der Waals surface area contributed by atoms with Crippen LogP contribution in [0.25, 0.3) is 11.6 Å². The van der Waals surface area contributed by atoms with Crippen LogP contribution in [0.3, 0.4) is 0 Å². The molecule has 172 valence electrons. The van der Waals surface area contributed by atoms with Crippen molar-refractivity contribution in [3.05, 3.63) is 39.7 Å². The van der Waals surface area contributed by atoms with E-state index in [2.05, 4.69) is 20.5 Å². The summed E-state index contributed by atoms with van der Waals surface area (Å²) in [6, 6.07) is 2.01. The van der Waals surface area contributed by atoms with Crippen LogP contribution >= 0.6 is 23.4 Å². The molecule has 4 rings (SSSR count). The minimum atomic E-state index is -4.51. The zero-order valence-electron chi connectivity index (χ0n) is 16.6. The summed E-state index contributed by atoms with van der Waals surface area (Å²) in [5.74, 6) is -0.441. The molecule has 2 aliphatic heterocycles. The van der Waals surface area contributed by atoms with Crippen molar-refractivity contribution < 1.29 is 26.0 Å². The first-order valence-electron chi connectivity index (χ1n) is 9.06. The number of nitrogens with one attached hydrogen (secondary N) is 2. The van der Waals surface area contributed by atoms with Crippen molar-refractivity contribution >= 4 is 39.3 Å². The van der Waals surface area contributed by atoms with Crippen LogP contribution in [0.2, 0.25) is 0 Å².